The third kappa shape index (κ3) is 4.80. The molecule has 0 saturated carbocycles. The number of rotatable bonds is 8. The van der Waals surface area contributed by atoms with Gasteiger partial charge in [0.1, 0.15) is 24.7 Å². The second-order valence-corrected chi connectivity index (χ2v) is 7.38. The van der Waals surface area contributed by atoms with E-state index in [0.29, 0.717) is 37.6 Å². The van der Waals surface area contributed by atoms with E-state index in [-0.39, 0.29) is 29.9 Å². The van der Waals surface area contributed by atoms with E-state index < -0.39 is 6.04 Å². The second-order valence-electron chi connectivity index (χ2n) is 7.38. The third-order valence-electron chi connectivity index (χ3n) is 5.21. The first kappa shape index (κ1) is 21.5. The fourth-order valence-corrected chi connectivity index (χ4v) is 3.42. The Morgan fingerprint density at radius 2 is 1.47 bits per heavy atom. The molecular weight excluding hydrogens is 412 g/mol. The van der Waals surface area contributed by atoms with Gasteiger partial charge >= 0.3 is 0 Å². The molecular formula is C24H26N2O6. The number of ether oxygens (including phenoxy) is 2. The van der Waals surface area contributed by atoms with Gasteiger partial charge in [-0.3, -0.25) is 9.59 Å². The first-order chi connectivity index (χ1) is 15.6. The molecule has 2 N–H and O–H groups in total. The first-order valence-corrected chi connectivity index (χ1v) is 10.7. The molecule has 0 saturated heterocycles. The van der Waals surface area contributed by atoms with Crippen LogP contribution in [0.15, 0.2) is 51.3 Å². The Bertz CT molecular complexity index is 1100. The van der Waals surface area contributed by atoms with Crippen molar-refractivity contribution in [1.29, 1.82) is 0 Å². The number of hydrogen-bond donors (Lipinski definition) is 2. The minimum absolute atomic E-state index is 0.147. The first-order valence-electron chi connectivity index (χ1n) is 10.7. The molecule has 0 spiro atoms. The number of hydrogen-bond acceptors (Lipinski definition) is 6. The van der Waals surface area contributed by atoms with Crippen LogP contribution >= 0.6 is 0 Å². The molecule has 0 bridgehead atoms. The maximum absolute atomic E-state index is 12.8. The Morgan fingerprint density at radius 1 is 0.844 bits per heavy atom. The van der Waals surface area contributed by atoms with Crippen molar-refractivity contribution >= 4 is 11.8 Å². The van der Waals surface area contributed by atoms with Crippen LogP contribution < -0.4 is 20.1 Å². The Labute approximate surface area is 185 Å². The molecule has 2 amide bonds. The molecule has 0 aliphatic carbocycles. The predicted octanol–water partition coefficient (Wildman–Crippen LogP) is 3.67. The number of benzene rings is 1. The van der Waals surface area contributed by atoms with E-state index in [0.717, 1.165) is 17.1 Å². The van der Waals surface area contributed by atoms with Gasteiger partial charge in [0.25, 0.3) is 11.8 Å². The molecule has 1 aromatic carbocycles. The number of fused-ring (bicyclic) bond motifs is 1. The lowest BCUT2D eigenvalue weighted by atomic mass is 10.1. The van der Waals surface area contributed by atoms with Crippen molar-refractivity contribution in [1.82, 2.24) is 10.6 Å². The molecule has 32 heavy (non-hydrogen) atoms. The number of furan rings is 2. The smallest absolute Gasteiger partial charge is 0.287 e. The number of nitrogens with one attached hydrogen (secondary N) is 2. The SMILES string of the molecule is CCc1ccc(C(=O)NC[C@H](NC(=O)c2ccc(CC)o2)c2ccc3c(c2)OCCO3)o1. The molecule has 8 heteroatoms. The minimum atomic E-state index is -0.530. The maximum atomic E-state index is 12.8. The molecule has 1 aliphatic rings. The fourth-order valence-electron chi connectivity index (χ4n) is 3.42. The summed E-state index contributed by atoms with van der Waals surface area (Å²) in [6, 6.07) is 11.8. The van der Waals surface area contributed by atoms with Crippen LogP contribution in [-0.2, 0) is 12.8 Å². The largest absolute Gasteiger partial charge is 0.486 e. The average Bonchev–Trinajstić information content (AvgIpc) is 3.51. The van der Waals surface area contributed by atoms with Gasteiger partial charge in [-0.25, -0.2) is 0 Å². The quantitative estimate of drug-likeness (QED) is 0.556. The van der Waals surface area contributed by atoms with E-state index >= 15 is 0 Å². The highest BCUT2D eigenvalue weighted by Gasteiger charge is 2.22. The van der Waals surface area contributed by atoms with Crippen molar-refractivity contribution in [2.24, 2.45) is 0 Å². The van der Waals surface area contributed by atoms with Crippen molar-refractivity contribution in [3.8, 4) is 11.5 Å². The lowest BCUT2D eigenvalue weighted by Gasteiger charge is -2.23. The molecule has 0 radical (unpaired) electrons. The summed E-state index contributed by atoms with van der Waals surface area (Å²) < 4.78 is 22.4. The van der Waals surface area contributed by atoms with Crippen molar-refractivity contribution in [3.63, 3.8) is 0 Å². The summed E-state index contributed by atoms with van der Waals surface area (Å²) >= 11 is 0. The molecule has 2 aromatic heterocycles. The summed E-state index contributed by atoms with van der Waals surface area (Å²) in [7, 11) is 0. The van der Waals surface area contributed by atoms with Gasteiger partial charge in [-0.1, -0.05) is 19.9 Å². The summed E-state index contributed by atoms with van der Waals surface area (Å²) in [6.45, 7) is 4.99. The van der Waals surface area contributed by atoms with Crippen LogP contribution in [0.25, 0.3) is 0 Å². The highest BCUT2D eigenvalue weighted by molar-refractivity contribution is 5.92. The minimum Gasteiger partial charge on any atom is -0.486 e. The number of amides is 2. The van der Waals surface area contributed by atoms with E-state index in [4.69, 9.17) is 18.3 Å². The summed E-state index contributed by atoms with van der Waals surface area (Å²) in [5, 5.41) is 5.78. The van der Waals surface area contributed by atoms with Gasteiger partial charge in [0.15, 0.2) is 23.0 Å². The monoisotopic (exact) mass is 438 g/mol. The Balaban J connectivity index is 1.53. The highest BCUT2D eigenvalue weighted by Crippen LogP contribution is 2.32. The van der Waals surface area contributed by atoms with E-state index in [1.807, 2.05) is 26.0 Å². The third-order valence-corrected chi connectivity index (χ3v) is 5.21. The zero-order valence-electron chi connectivity index (χ0n) is 18.1. The van der Waals surface area contributed by atoms with Crippen LogP contribution in [0, 0.1) is 0 Å². The van der Waals surface area contributed by atoms with E-state index in [9.17, 15) is 9.59 Å². The molecule has 8 nitrogen and oxygen atoms in total. The van der Waals surface area contributed by atoms with Gasteiger partial charge in [-0.05, 0) is 42.0 Å². The van der Waals surface area contributed by atoms with Crippen molar-refractivity contribution in [3.05, 3.63) is 71.1 Å². The Hall–Kier alpha value is -3.68. The summed E-state index contributed by atoms with van der Waals surface area (Å²) in [6.07, 6.45) is 1.39. The van der Waals surface area contributed by atoms with Crippen LogP contribution in [0.3, 0.4) is 0 Å². The van der Waals surface area contributed by atoms with E-state index in [2.05, 4.69) is 10.6 Å². The number of aryl methyl sites for hydroxylation is 2. The molecule has 0 unspecified atom stereocenters. The maximum Gasteiger partial charge on any atom is 0.287 e. The second kappa shape index (κ2) is 9.64. The van der Waals surface area contributed by atoms with Gasteiger partial charge in [0.05, 0.1) is 6.04 Å². The summed E-state index contributed by atoms with van der Waals surface area (Å²) in [4.78, 5) is 25.4. The van der Waals surface area contributed by atoms with Gasteiger partial charge in [-0.15, -0.1) is 0 Å². The summed E-state index contributed by atoms with van der Waals surface area (Å²) in [5.74, 6) is 2.43. The lowest BCUT2D eigenvalue weighted by Crippen LogP contribution is -2.37. The average molecular weight is 438 g/mol. The van der Waals surface area contributed by atoms with Crippen LogP contribution in [0.5, 0.6) is 11.5 Å². The van der Waals surface area contributed by atoms with Gasteiger partial charge in [0.2, 0.25) is 0 Å². The summed E-state index contributed by atoms with van der Waals surface area (Å²) in [5.41, 5.74) is 0.763. The normalized spacial score (nSPS) is 13.4. The number of carbonyl (C=O) groups is 2. The zero-order valence-corrected chi connectivity index (χ0v) is 18.1. The molecule has 1 atom stereocenters. The topological polar surface area (TPSA) is 103 Å². The van der Waals surface area contributed by atoms with Crippen LogP contribution in [-0.4, -0.2) is 31.6 Å². The molecule has 4 rings (SSSR count). The fraction of sp³-hybridized carbons (Fsp3) is 0.333. The molecule has 1 aliphatic heterocycles. The molecule has 168 valence electrons. The van der Waals surface area contributed by atoms with Gasteiger partial charge in [-0.2, -0.15) is 0 Å². The van der Waals surface area contributed by atoms with Crippen molar-refractivity contribution < 1.29 is 27.9 Å². The number of carbonyl (C=O) groups excluding carboxylic acids is 2. The molecule has 3 heterocycles. The van der Waals surface area contributed by atoms with Crippen LogP contribution in [0.4, 0.5) is 0 Å². The van der Waals surface area contributed by atoms with Crippen molar-refractivity contribution in [2.45, 2.75) is 32.7 Å². The van der Waals surface area contributed by atoms with E-state index in [1.54, 1.807) is 30.3 Å². The highest BCUT2D eigenvalue weighted by atomic mass is 16.6. The van der Waals surface area contributed by atoms with Crippen LogP contribution in [0.1, 0.15) is 58.1 Å². The van der Waals surface area contributed by atoms with Gasteiger partial charge < -0.3 is 28.9 Å². The van der Waals surface area contributed by atoms with Crippen molar-refractivity contribution in [2.75, 3.05) is 19.8 Å². The van der Waals surface area contributed by atoms with Gasteiger partial charge in [0, 0.05) is 19.4 Å². The van der Waals surface area contributed by atoms with E-state index in [1.165, 1.54) is 0 Å². The standard InChI is InChI=1S/C24H26N2O6/c1-3-16-6-9-20(31-16)23(27)25-14-18(26-24(28)21-10-7-17(4-2)32-21)15-5-8-19-22(13-15)30-12-11-29-19/h5-10,13,18H,3-4,11-12,14H2,1-2H3,(H,25,27)(H,26,28)/t18-/m0/s1. The predicted molar refractivity (Wildman–Crippen MR) is 116 cm³/mol. The zero-order chi connectivity index (χ0) is 22.5. The lowest BCUT2D eigenvalue weighted by molar-refractivity contribution is 0.0879. The molecule has 3 aromatic rings. The molecule has 0 fully saturated rings. The van der Waals surface area contributed by atoms with Crippen LogP contribution in [0.2, 0.25) is 0 Å². The Morgan fingerprint density at radius 3 is 2.09 bits per heavy atom. The Kier molecular flexibility index (Phi) is 6.49.